The summed E-state index contributed by atoms with van der Waals surface area (Å²) in [7, 11) is 0. The fourth-order valence-electron chi connectivity index (χ4n) is 1.89. The molecule has 0 atom stereocenters. The number of amides is 1. The van der Waals surface area contributed by atoms with Gasteiger partial charge in [0.25, 0.3) is 0 Å². The Kier molecular flexibility index (Phi) is 6.19. The molecule has 0 unspecified atom stereocenters. The van der Waals surface area contributed by atoms with E-state index in [1.165, 1.54) is 6.07 Å². The van der Waals surface area contributed by atoms with Gasteiger partial charge in [0, 0.05) is 13.0 Å². The van der Waals surface area contributed by atoms with Gasteiger partial charge in [0.15, 0.2) is 0 Å². The Morgan fingerprint density at radius 2 is 2.00 bits per heavy atom. The van der Waals surface area contributed by atoms with Gasteiger partial charge in [-0.3, -0.25) is 0 Å². The van der Waals surface area contributed by atoms with Crippen LogP contribution in [-0.2, 0) is 11.3 Å². The molecule has 0 saturated carbocycles. The molecule has 2 aromatic rings. The van der Waals surface area contributed by atoms with Crippen LogP contribution in [0.2, 0.25) is 0 Å². The van der Waals surface area contributed by atoms with Gasteiger partial charge in [-0.05, 0) is 30.2 Å². The van der Waals surface area contributed by atoms with Crippen LogP contribution in [0.5, 0.6) is 0 Å². The summed E-state index contributed by atoms with van der Waals surface area (Å²) >= 11 is 0. The molecule has 0 fully saturated rings. The molecule has 2 aromatic carbocycles. The number of carbonyl (C=O) groups excluding carboxylic acids is 1. The van der Waals surface area contributed by atoms with Crippen molar-refractivity contribution in [3.05, 3.63) is 71.0 Å². The Balaban J connectivity index is 1.70. The van der Waals surface area contributed by atoms with Crippen molar-refractivity contribution in [1.29, 1.82) is 0 Å². The molecule has 1 amide bonds. The molecule has 0 aliphatic carbocycles. The van der Waals surface area contributed by atoms with Gasteiger partial charge in [-0.25, -0.2) is 9.18 Å². The lowest BCUT2D eigenvalue weighted by atomic mass is 10.1. The van der Waals surface area contributed by atoms with Crippen LogP contribution >= 0.6 is 0 Å². The number of hydrogen-bond donors (Lipinski definition) is 1. The van der Waals surface area contributed by atoms with Crippen molar-refractivity contribution in [3.63, 3.8) is 0 Å². The van der Waals surface area contributed by atoms with E-state index in [-0.39, 0.29) is 12.4 Å². The van der Waals surface area contributed by atoms with Crippen molar-refractivity contribution >= 4 is 6.09 Å². The summed E-state index contributed by atoms with van der Waals surface area (Å²) in [4.78, 5) is 11.5. The molecule has 23 heavy (non-hydrogen) atoms. The van der Waals surface area contributed by atoms with E-state index in [4.69, 9.17) is 4.74 Å². The summed E-state index contributed by atoms with van der Waals surface area (Å²) in [6, 6.07) is 14.2. The van der Waals surface area contributed by atoms with Crippen molar-refractivity contribution in [2.75, 3.05) is 6.54 Å². The molecule has 0 aromatic heterocycles. The van der Waals surface area contributed by atoms with Gasteiger partial charge >= 0.3 is 6.09 Å². The molecular formula is C19H18FNO2. The molecule has 3 nitrogen and oxygen atoms in total. The SMILES string of the molecule is Cc1ccc(F)c(C#CCCNC(=O)OCc2ccccc2)c1. The number of carbonyl (C=O) groups is 1. The quantitative estimate of drug-likeness (QED) is 0.689. The lowest BCUT2D eigenvalue weighted by Gasteiger charge is -2.05. The van der Waals surface area contributed by atoms with Crippen LogP contribution in [-0.4, -0.2) is 12.6 Å². The molecule has 2 rings (SSSR count). The van der Waals surface area contributed by atoms with E-state index < -0.39 is 6.09 Å². The zero-order valence-corrected chi connectivity index (χ0v) is 12.9. The van der Waals surface area contributed by atoms with Crippen molar-refractivity contribution in [3.8, 4) is 11.8 Å². The molecule has 0 bridgehead atoms. The third kappa shape index (κ3) is 5.84. The van der Waals surface area contributed by atoms with E-state index in [9.17, 15) is 9.18 Å². The Morgan fingerprint density at radius 1 is 1.22 bits per heavy atom. The minimum Gasteiger partial charge on any atom is -0.445 e. The molecule has 0 spiro atoms. The fourth-order valence-corrected chi connectivity index (χ4v) is 1.89. The molecule has 1 N–H and O–H groups in total. The zero-order valence-electron chi connectivity index (χ0n) is 12.9. The number of benzene rings is 2. The normalized spacial score (nSPS) is 9.65. The van der Waals surface area contributed by atoms with Gasteiger partial charge in [-0.15, -0.1) is 0 Å². The Bertz CT molecular complexity index is 717. The van der Waals surface area contributed by atoms with Gasteiger partial charge in [0.2, 0.25) is 0 Å². The van der Waals surface area contributed by atoms with Crippen LogP contribution < -0.4 is 5.32 Å². The topological polar surface area (TPSA) is 38.3 Å². The van der Waals surface area contributed by atoms with Crippen molar-refractivity contribution in [1.82, 2.24) is 5.32 Å². The average Bonchev–Trinajstić information content (AvgIpc) is 2.56. The van der Waals surface area contributed by atoms with Gasteiger partial charge in [-0.2, -0.15) is 0 Å². The molecule has 0 aliphatic rings. The Labute approximate surface area is 135 Å². The van der Waals surface area contributed by atoms with E-state index in [2.05, 4.69) is 17.2 Å². The maximum Gasteiger partial charge on any atom is 0.407 e. The maximum atomic E-state index is 13.5. The molecule has 4 heteroatoms. The van der Waals surface area contributed by atoms with E-state index in [0.29, 0.717) is 18.5 Å². The van der Waals surface area contributed by atoms with Crippen LogP contribution in [0.15, 0.2) is 48.5 Å². The second-order valence-corrected chi connectivity index (χ2v) is 5.02. The lowest BCUT2D eigenvalue weighted by molar-refractivity contribution is 0.140. The first kappa shape index (κ1) is 16.6. The van der Waals surface area contributed by atoms with E-state index in [1.807, 2.05) is 37.3 Å². The minimum atomic E-state index is -0.489. The zero-order chi connectivity index (χ0) is 16.5. The van der Waals surface area contributed by atoms with Crippen molar-refractivity contribution in [2.45, 2.75) is 20.0 Å². The third-order valence-corrected chi connectivity index (χ3v) is 3.08. The second kappa shape index (κ2) is 8.60. The van der Waals surface area contributed by atoms with Crippen molar-refractivity contribution in [2.24, 2.45) is 0 Å². The molecule has 0 aliphatic heterocycles. The summed E-state index contributed by atoms with van der Waals surface area (Å²) in [6.45, 7) is 2.47. The molecule has 118 valence electrons. The number of aryl methyl sites for hydroxylation is 1. The van der Waals surface area contributed by atoms with Crippen LogP contribution in [0, 0.1) is 24.6 Å². The van der Waals surface area contributed by atoms with Gasteiger partial charge in [0.05, 0.1) is 5.56 Å². The number of rotatable bonds is 4. The first-order chi connectivity index (χ1) is 11.1. The predicted molar refractivity (Wildman–Crippen MR) is 87.3 cm³/mol. The standard InChI is InChI=1S/C19H18FNO2/c1-15-10-11-18(20)17(13-15)9-5-6-12-21-19(22)23-14-16-7-3-2-4-8-16/h2-4,7-8,10-11,13H,6,12,14H2,1H3,(H,21,22). The van der Waals surface area contributed by atoms with Crippen LogP contribution in [0.4, 0.5) is 9.18 Å². The summed E-state index contributed by atoms with van der Waals surface area (Å²) in [5, 5.41) is 2.61. The van der Waals surface area contributed by atoms with Crippen LogP contribution in [0.25, 0.3) is 0 Å². The highest BCUT2D eigenvalue weighted by Crippen LogP contribution is 2.08. The summed E-state index contributed by atoms with van der Waals surface area (Å²) < 4.78 is 18.5. The van der Waals surface area contributed by atoms with Gasteiger partial charge < -0.3 is 10.1 Å². The largest absolute Gasteiger partial charge is 0.445 e. The lowest BCUT2D eigenvalue weighted by Crippen LogP contribution is -2.24. The van der Waals surface area contributed by atoms with E-state index in [1.54, 1.807) is 12.1 Å². The number of halogens is 1. The number of ether oxygens (including phenoxy) is 1. The maximum absolute atomic E-state index is 13.5. The molecular weight excluding hydrogens is 293 g/mol. The number of nitrogens with one attached hydrogen (secondary N) is 1. The average molecular weight is 311 g/mol. The Morgan fingerprint density at radius 3 is 2.78 bits per heavy atom. The molecule has 0 saturated heterocycles. The predicted octanol–water partition coefficient (Wildman–Crippen LogP) is 3.80. The summed E-state index contributed by atoms with van der Waals surface area (Å²) in [6.07, 6.45) is -0.0641. The van der Waals surface area contributed by atoms with Crippen LogP contribution in [0.3, 0.4) is 0 Å². The summed E-state index contributed by atoms with van der Waals surface area (Å²) in [5.74, 6) is 5.27. The fraction of sp³-hybridized carbons (Fsp3) is 0.211. The van der Waals surface area contributed by atoms with E-state index >= 15 is 0 Å². The van der Waals surface area contributed by atoms with Gasteiger partial charge in [-0.1, -0.05) is 48.2 Å². The monoisotopic (exact) mass is 311 g/mol. The van der Waals surface area contributed by atoms with Crippen molar-refractivity contribution < 1.29 is 13.9 Å². The van der Waals surface area contributed by atoms with Gasteiger partial charge in [0.1, 0.15) is 12.4 Å². The van der Waals surface area contributed by atoms with Crippen LogP contribution in [0.1, 0.15) is 23.1 Å². The number of hydrogen-bond acceptors (Lipinski definition) is 2. The molecule has 0 heterocycles. The Hall–Kier alpha value is -2.80. The smallest absolute Gasteiger partial charge is 0.407 e. The molecule has 0 radical (unpaired) electrons. The second-order valence-electron chi connectivity index (χ2n) is 5.02. The summed E-state index contributed by atoms with van der Waals surface area (Å²) in [5.41, 5.74) is 2.26. The number of alkyl carbamates (subject to hydrolysis) is 1. The highest BCUT2D eigenvalue weighted by atomic mass is 19.1. The highest BCUT2D eigenvalue weighted by Gasteiger charge is 2.01. The first-order valence-corrected chi connectivity index (χ1v) is 7.35. The third-order valence-electron chi connectivity index (χ3n) is 3.08. The minimum absolute atomic E-state index is 0.229. The first-order valence-electron chi connectivity index (χ1n) is 7.35. The highest BCUT2D eigenvalue weighted by molar-refractivity contribution is 5.67. The van der Waals surface area contributed by atoms with E-state index in [0.717, 1.165) is 11.1 Å².